The topological polar surface area (TPSA) is 44.4 Å². The molecule has 1 heterocycles. The maximum absolute atomic E-state index is 13.0. The average Bonchev–Trinajstić information content (AvgIpc) is 3.15. The van der Waals surface area contributed by atoms with Gasteiger partial charge < -0.3 is 15.5 Å². The first-order valence-corrected chi connectivity index (χ1v) is 9.73. The fraction of sp³-hybridized carbons (Fsp3) is 0.421. The van der Waals surface area contributed by atoms with Crippen molar-refractivity contribution < 1.29 is 31.1 Å². The summed E-state index contributed by atoms with van der Waals surface area (Å²) >= 11 is 1.32. The van der Waals surface area contributed by atoms with Crippen LogP contribution in [0.1, 0.15) is 27.6 Å². The number of likely N-dealkylation sites (N-methyl/N-ethyl adjacent to an activating group) is 1. The van der Waals surface area contributed by atoms with Gasteiger partial charge in [0.1, 0.15) is 6.04 Å². The monoisotopic (exact) mass is 453 g/mol. The van der Waals surface area contributed by atoms with E-state index in [1.807, 2.05) is 19.0 Å². The lowest BCUT2D eigenvalue weighted by molar-refractivity contribution is -0.143. The van der Waals surface area contributed by atoms with Gasteiger partial charge in [0, 0.05) is 24.5 Å². The molecule has 2 rings (SSSR count). The lowest BCUT2D eigenvalue weighted by Gasteiger charge is -2.19. The van der Waals surface area contributed by atoms with Crippen molar-refractivity contribution in [2.24, 2.45) is 0 Å². The van der Waals surface area contributed by atoms with Gasteiger partial charge in [0.05, 0.1) is 11.1 Å². The van der Waals surface area contributed by atoms with Crippen LogP contribution in [0, 0.1) is 0 Å². The van der Waals surface area contributed by atoms with Crippen LogP contribution in [0.15, 0.2) is 35.7 Å². The molecule has 0 aliphatic carbocycles. The number of thiophene rings is 1. The van der Waals surface area contributed by atoms with E-state index in [-0.39, 0.29) is 11.6 Å². The van der Waals surface area contributed by atoms with Crippen LogP contribution in [0.2, 0.25) is 0 Å². The number of hydrogen-bond acceptors (Lipinski definition) is 4. The van der Waals surface area contributed by atoms with Gasteiger partial charge in [-0.15, -0.1) is 11.3 Å². The molecule has 0 saturated heterocycles. The van der Waals surface area contributed by atoms with Crippen LogP contribution in [0.4, 0.5) is 26.3 Å². The molecule has 0 unspecified atom stereocenters. The molecule has 0 saturated carbocycles. The quantitative estimate of drug-likeness (QED) is 0.586. The predicted molar refractivity (Wildman–Crippen MR) is 102 cm³/mol. The third-order valence-corrected chi connectivity index (χ3v) is 5.05. The van der Waals surface area contributed by atoms with Crippen molar-refractivity contribution in [2.45, 2.75) is 24.9 Å². The number of nitrogens with zero attached hydrogens (tertiary/aromatic N) is 1. The van der Waals surface area contributed by atoms with Gasteiger partial charge in [0.25, 0.3) is 0 Å². The van der Waals surface area contributed by atoms with E-state index >= 15 is 0 Å². The predicted octanol–water partition coefficient (Wildman–Crippen LogP) is 4.29. The number of rotatable bonds is 8. The van der Waals surface area contributed by atoms with Crippen LogP contribution in [0.5, 0.6) is 0 Å². The van der Waals surface area contributed by atoms with Gasteiger partial charge in [-0.2, -0.15) is 26.3 Å². The number of hydrogen-bond donors (Lipinski definition) is 2. The van der Waals surface area contributed by atoms with Crippen LogP contribution in [-0.2, 0) is 23.7 Å². The Bertz CT molecular complexity index is 802. The van der Waals surface area contributed by atoms with E-state index in [0.717, 1.165) is 0 Å². The Morgan fingerprint density at radius 3 is 2.13 bits per heavy atom. The van der Waals surface area contributed by atoms with E-state index in [2.05, 4.69) is 10.6 Å². The molecule has 0 spiro atoms. The molecule has 0 fully saturated rings. The molecule has 0 aliphatic heterocycles. The van der Waals surface area contributed by atoms with Crippen molar-refractivity contribution in [3.8, 4) is 0 Å². The van der Waals surface area contributed by atoms with Gasteiger partial charge in [0.15, 0.2) is 0 Å². The van der Waals surface area contributed by atoms with Crippen molar-refractivity contribution >= 4 is 17.2 Å². The largest absolute Gasteiger partial charge is 0.416 e. The first-order chi connectivity index (χ1) is 13.9. The summed E-state index contributed by atoms with van der Waals surface area (Å²) in [6, 6.07) is 3.98. The van der Waals surface area contributed by atoms with Crippen LogP contribution in [0.25, 0.3) is 0 Å². The molecule has 1 amide bonds. The summed E-state index contributed by atoms with van der Waals surface area (Å²) in [5, 5.41) is 7.27. The summed E-state index contributed by atoms with van der Waals surface area (Å²) < 4.78 is 77.9. The third-order valence-electron chi connectivity index (χ3n) is 4.11. The molecule has 1 aromatic heterocycles. The number of alkyl halides is 6. The van der Waals surface area contributed by atoms with Gasteiger partial charge in [-0.05, 0) is 49.3 Å². The molecule has 0 aliphatic rings. The van der Waals surface area contributed by atoms with E-state index in [0.29, 0.717) is 30.1 Å². The molecule has 166 valence electrons. The maximum atomic E-state index is 13.0. The molecule has 11 heteroatoms. The van der Waals surface area contributed by atoms with Crippen LogP contribution >= 0.6 is 11.3 Å². The Morgan fingerprint density at radius 2 is 1.67 bits per heavy atom. The van der Waals surface area contributed by atoms with Crippen LogP contribution in [-0.4, -0.2) is 38.0 Å². The number of nitrogens with one attached hydrogen (secondary N) is 2. The summed E-state index contributed by atoms with van der Waals surface area (Å²) in [5.74, 6) is -0.540. The lowest BCUT2D eigenvalue weighted by Crippen LogP contribution is -2.39. The Morgan fingerprint density at radius 1 is 1.07 bits per heavy atom. The SMILES string of the molecule is CN(C)CCN[C@@H](C(=O)NCc1cc(C(F)(F)F)cc(C(F)(F)F)c1)c1cccs1. The second-order valence-electron chi connectivity index (χ2n) is 6.84. The van der Waals surface area contributed by atoms with Crippen molar-refractivity contribution in [3.05, 3.63) is 57.3 Å². The number of carbonyl (C=O) groups excluding carboxylic acids is 1. The minimum absolute atomic E-state index is 0.0581. The Labute approximate surface area is 173 Å². The minimum Gasteiger partial charge on any atom is -0.350 e. The minimum atomic E-state index is -4.94. The molecular formula is C19H21F6N3OS. The second kappa shape index (κ2) is 9.80. The van der Waals surface area contributed by atoms with E-state index in [1.54, 1.807) is 17.5 Å². The zero-order valence-corrected chi connectivity index (χ0v) is 17.0. The van der Waals surface area contributed by atoms with E-state index in [9.17, 15) is 31.1 Å². The van der Waals surface area contributed by atoms with Crippen LogP contribution in [0.3, 0.4) is 0 Å². The van der Waals surface area contributed by atoms with Gasteiger partial charge in [-0.25, -0.2) is 0 Å². The third kappa shape index (κ3) is 6.99. The molecule has 0 bridgehead atoms. The number of carbonyl (C=O) groups is 1. The Balaban J connectivity index is 2.17. The summed E-state index contributed by atoms with van der Waals surface area (Å²) in [6.45, 7) is 0.631. The smallest absolute Gasteiger partial charge is 0.350 e. The molecule has 4 nitrogen and oxygen atoms in total. The fourth-order valence-corrected chi connectivity index (χ4v) is 3.42. The molecule has 2 aromatic rings. The summed E-state index contributed by atoms with van der Waals surface area (Å²) in [7, 11) is 3.71. The molecule has 2 N–H and O–H groups in total. The van der Waals surface area contributed by atoms with Gasteiger partial charge in [-0.1, -0.05) is 6.07 Å². The van der Waals surface area contributed by atoms with Gasteiger partial charge in [0.2, 0.25) is 5.91 Å². The second-order valence-corrected chi connectivity index (χ2v) is 7.82. The zero-order valence-electron chi connectivity index (χ0n) is 16.2. The first kappa shape index (κ1) is 24.2. The standard InChI is InChI=1S/C19H21F6N3OS/c1-28(2)6-5-26-16(15-4-3-7-30-15)17(29)27-11-12-8-13(18(20,21)22)10-14(9-12)19(23,24)25/h3-4,7-10,16,26H,5-6,11H2,1-2H3,(H,27,29)/t16-/m1/s1. The lowest BCUT2D eigenvalue weighted by atomic mass is 10.0. The van der Waals surface area contributed by atoms with Crippen molar-refractivity contribution in [1.82, 2.24) is 15.5 Å². The molecule has 30 heavy (non-hydrogen) atoms. The zero-order chi connectivity index (χ0) is 22.5. The highest BCUT2D eigenvalue weighted by atomic mass is 32.1. The first-order valence-electron chi connectivity index (χ1n) is 8.85. The number of amides is 1. The fourth-order valence-electron chi connectivity index (χ4n) is 2.62. The summed E-state index contributed by atoms with van der Waals surface area (Å²) in [4.78, 5) is 15.2. The summed E-state index contributed by atoms with van der Waals surface area (Å²) in [6.07, 6.45) is -9.87. The van der Waals surface area contributed by atoms with Crippen molar-refractivity contribution in [2.75, 3.05) is 27.2 Å². The Kier molecular flexibility index (Phi) is 7.89. The summed E-state index contributed by atoms with van der Waals surface area (Å²) in [5.41, 5.74) is -3.12. The maximum Gasteiger partial charge on any atom is 0.416 e. The normalized spacial score (nSPS) is 13.5. The van der Waals surface area contributed by atoms with E-state index in [4.69, 9.17) is 0 Å². The van der Waals surface area contributed by atoms with Gasteiger partial charge in [-0.3, -0.25) is 4.79 Å². The highest BCUT2D eigenvalue weighted by molar-refractivity contribution is 7.10. The van der Waals surface area contributed by atoms with E-state index in [1.165, 1.54) is 11.3 Å². The average molecular weight is 453 g/mol. The molecule has 0 radical (unpaired) electrons. The molecule has 1 aromatic carbocycles. The van der Waals surface area contributed by atoms with Gasteiger partial charge >= 0.3 is 12.4 Å². The highest BCUT2D eigenvalue weighted by Gasteiger charge is 2.37. The number of benzene rings is 1. The van der Waals surface area contributed by atoms with Crippen LogP contribution < -0.4 is 10.6 Å². The molecular weight excluding hydrogens is 432 g/mol. The van der Waals surface area contributed by atoms with Crippen molar-refractivity contribution in [3.63, 3.8) is 0 Å². The number of halogens is 6. The Hall–Kier alpha value is -2.11. The highest BCUT2D eigenvalue weighted by Crippen LogP contribution is 2.36. The van der Waals surface area contributed by atoms with Crippen molar-refractivity contribution in [1.29, 1.82) is 0 Å². The van der Waals surface area contributed by atoms with E-state index < -0.39 is 42.0 Å². The molecule has 1 atom stereocenters.